The largest absolute Gasteiger partial charge is 0.276 e. The lowest BCUT2D eigenvalue weighted by molar-refractivity contribution is 0.0901. The second-order valence-electron chi connectivity index (χ2n) is 8.08. The average Bonchev–Trinajstić information content (AvgIpc) is 3.64. The van der Waals surface area contributed by atoms with Crippen molar-refractivity contribution < 1.29 is 9.59 Å². The summed E-state index contributed by atoms with van der Waals surface area (Å²) in [5.74, 6) is -0.541. The van der Waals surface area contributed by atoms with Crippen molar-refractivity contribution in [3.63, 3.8) is 0 Å². The summed E-state index contributed by atoms with van der Waals surface area (Å²) in [6.45, 7) is 0. The number of carbonyl (C=O) groups is 2. The molecule has 4 nitrogen and oxygen atoms in total. The van der Waals surface area contributed by atoms with E-state index in [1.807, 2.05) is 36.4 Å². The van der Waals surface area contributed by atoms with E-state index in [1.165, 1.54) is 43.2 Å². The van der Waals surface area contributed by atoms with Crippen molar-refractivity contribution in [1.82, 2.24) is 4.98 Å². The first-order chi connectivity index (χ1) is 17.6. The lowest BCUT2D eigenvalue weighted by Crippen LogP contribution is -2.36. The van der Waals surface area contributed by atoms with Gasteiger partial charge in [-0.1, -0.05) is 48.0 Å². The molecule has 5 aromatic heterocycles. The molecule has 5 heterocycles. The van der Waals surface area contributed by atoms with E-state index in [9.17, 15) is 9.59 Å². The molecule has 0 spiro atoms. The minimum atomic E-state index is -0.395. The molecule has 0 aliphatic carbocycles. The fraction of sp³-hybridized carbons (Fsp3) is 0. The van der Waals surface area contributed by atoms with E-state index >= 15 is 0 Å². The third-order valence-electron chi connectivity index (χ3n) is 5.87. The third-order valence-corrected chi connectivity index (χ3v) is 10.9. The number of aromatic nitrogens is 1. The van der Waals surface area contributed by atoms with Crippen LogP contribution in [0, 0.1) is 0 Å². The molecule has 2 amide bonds. The number of rotatable bonds is 3. The zero-order valence-electron chi connectivity index (χ0n) is 18.2. The standard InChI is InChI=1S/C27H13ClN2O2S4/c28-14-9-10-23(29-13-14)30(26(31)21-11-19-24(35-21)15-5-1-3-7-17(15)33-19)27(32)22-12-20-25(36-22)16-6-2-4-8-18(16)34-20/h1-13H. The van der Waals surface area contributed by atoms with Gasteiger partial charge in [-0.25, -0.2) is 9.88 Å². The lowest BCUT2D eigenvalue weighted by Gasteiger charge is -2.18. The molecule has 0 fully saturated rings. The number of halogens is 1. The van der Waals surface area contributed by atoms with Crippen LogP contribution in [-0.2, 0) is 0 Å². The van der Waals surface area contributed by atoms with Crippen LogP contribution in [0.3, 0.4) is 0 Å². The Morgan fingerprint density at radius 1 is 0.667 bits per heavy atom. The maximum atomic E-state index is 13.9. The van der Waals surface area contributed by atoms with Crippen molar-refractivity contribution in [3.05, 3.63) is 93.8 Å². The SMILES string of the molecule is O=C(c1cc2sc3ccccc3c2s1)N(C(=O)c1cc2sc3ccccc3c2s1)c1ccc(Cl)cn1. The van der Waals surface area contributed by atoms with Gasteiger partial charge in [-0.3, -0.25) is 9.59 Å². The summed E-state index contributed by atoms with van der Waals surface area (Å²) in [5.41, 5.74) is 0. The number of nitrogens with zero attached hydrogens (tertiary/aromatic N) is 2. The summed E-state index contributed by atoms with van der Waals surface area (Å²) in [6, 6.07) is 23.3. The second-order valence-corrected chi connectivity index (χ2v) is 12.8. The number of fused-ring (bicyclic) bond motifs is 6. The second kappa shape index (κ2) is 8.47. The van der Waals surface area contributed by atoms with Gasteiger partial charge in [0.2, 0.25) is 0 Å². The molecule has 0 bridgehead atoms. The van der Waals surface area contributed by atoms with Gasteiger partial charge in [-0.2, -0.15) is 0 Å². The fourth-order valence-corrected chi connectivity index (χ4v) is 9.25. The zero-order valence-corrected chi connectivity index (χ0v) is 22.2. The molecular weight excluding hydrogens is 548 g/mol. The van der Waals surface area contributed by atoms with E-state index < -0.39 is 11.8 Å². The van der Waals surface area contributed by atoms with Crippen LogP contribution in [-0.4, -0.2) is 16.8 Å². The summed E-state index contributed by atoms with van der Waals surface area (Å²) >= 11 is 12.2. The smallest absolute Gasteiger partial charge is 0.267 e. The van der Waals surface area contributed by atoms with Crippen LogP contribution >= 0.6 is 56.9 Å². The topological polar surface area (TPSA) is 50.3 Å². The number of pyridine rings is 1. The Morgan fingerprint density at radius 2 is 1.19 bits per heavy atom. The number of amides is 2. The number of anilines is 1. The number of benzene rings is 2. The van der Waals surface area contributed by atoms with Gasteiger partial charge in [0.05, 0.1) is 24.2 Å². The number of carbonyl (C=O) groups excluding carboxylic acids is 2. The molecule has 0 aliphatic heterocycles. The van der Waals surface area contributed by atoms with Crippen molar-refractivity contribution in [1.29, 1.82) is 0 Å². The monoisotopic (exact) mass is 560 g/mol. The van der Waals surface area contributed by atoms with Crippen LogP contribution in [0.15, 0.2) is 79.0 Å². The summed E-state index contributed by atoms with van der Waals surface area (Å²) in [4.78, 5) is 34.2. The summed E-state index contributed by atoms with van der Waals surface area (Å²) in [7, 11) is 0. The highest BCUT2D eigenvalue weighted by atomic mass is 35.5. The molecule has 0 saturated carbocycles. The van der Waals surface area contributed by atoms with E-state index in [-0.39, 0.29) is 5.82 Å². The predicted octanol–water partition coefficient (Wildman–Crippen LogP) is 9.08. The molecule has 0 unspecified atom stereocenters. The van der Waals surface area contributed by atoms with Crippen molar-refractivity contribution in [3.8, 4) is 0 Å². The van der Waals surface area contributed by atoms with Crippen LogP contribution < -0.4 is 4.90 Å². The van der Waals surface area contributed by atoms with Gasteiger partial charge in [0.1, 0.15) is 5.82 Å². The summed E-state index contributed by atoms with van der Waals surface area (Å²) < 4.78 is 6.53. The zero-order chi connectivity index (χ0) is 24.4. The molecule has 7 aromatic rings. The van der Waals surface area contributed by atoms with Crippen molar-refractivity contribution in [2.45, 2.75) is 0 Å². The third kappa shape index (κ3) is 3.48. The van der Waals surface area contributed by atoms with Crippen LogP contribution in [0.1, 0.15) is 19.3 Å². The fourth-order valence-electron chi connectivity index (χ4n) is 4.23. The first-order valence-electron chi connectivity index (χ1n) is 10.9. The van der Waals surface area contributed by atoms with Crippen molar-refractivity contribution in [2.75, 3.05) is 4.90 Å². The Hall–Kier alpha value is -3.14. The highest BCUT2D eigenvalue weighted by Crippen LogP contribution is 2.42. The normalized spacial score (nSPS) is 11.7. The maximum absolute atomic E-state index is 13.9. The van der Waals surface area contributed by atoms with Crippen molar-refractivity contribution >= 4 is 114 Å². The first kappa shape index (κ1) is 22.1. The molecule has 0 radical (unpaired) electrons. The number of imide groups is 1. The lowest BCUT2D eigenvalue weighted by atomic mass is 10.2. The molecule has 36 heavy (non-hydrogen) atoms. The molecule has 0 N–H and O–H groups in total. The Bertz CT molecular complexity index is 1840. The van der Waals surface area contributed by atoms with Crippen molar-refractivity contribution in [2.24, 2.45) is 0 Å². The van der Waals surface area contributed by atoms with Crippen LogP contribution in [0.2, 0.25) is 5.02 Å². The van der Waals surface area contributed by atoms with E-state index in [0.717, 1.165) is 29.6 Å². The van der Waals surface area contributed by atoms with Crippen LogP contribution in [0.25, 0.3) is 39.0 Å². The number of hydrogen-bond donors (Lipinski definition) is 0. The number of thiophene rings is 4. The summed E-state index contributed by atoms with van der Waals surface area (Å²) in [6.07, 6.45) is 1.45. The highest BCUT2D eigenvalue weighted by molar-refractivity contribution is 7.34. The molecule has 2 aromatic carbocycles. The molecular formula is C27H13ClN2O2S4. The number of hydrogen-bond acceptors (Lipinski definition) is 7. The molecule has 7 rings (SSSR count). The van der Waals surface area contributed by atoms with E-state index in [4.69, 9.17) is 11.6 Å². The Kier molecular flexibility index (Phi) is 5.20. The molecule has 0 saturated heterocycles. The Morgan fingerprint density at radius 3 is 1.69 bits per heavy atom. The molecule has 9 heteroatoms. The van der Waals surface area contributed by atoms with Crippen LogP contribution in [0.5, 0.6) is 0 Å². The van der Waals surface area contributed by atoms with Gasteiger partial charge in [-0.15, -0.1) is 45.3 Å². The van der Waals surface area contributed by atoms with Gasteiger partial charge in [0, 0.05) is 35.8 Å². The van der Waals surface area contributed by atoms with E-state index in [2.05, 4.69) is 29.2 Å². The van der Waals surface area contributed by atoms with Gasteiger partial charge >= 0.3 is 0 Å². The van der Waals surface area contributed by atoms with Gasteiger partial charge in [0.25, 0.3) is 11.8 Å². The van der Waals surface area contributed by atoms with Gasteiger partial charge in [-0.05, 0) is 36.4 Å². The highest BCUT2D eigenvalue weighted by Gasteiger charge is 2.30. The quantitative estimate of drug-likeness (QED) is 0.202. The van der Waals surface area contributed by atoms with E-state index in [0.29, 0.717) is 14.8 Å². The first-order valence-corrected chi connectivity index (χ1v) is 14.5. The van der Waals surface area contributed by atoms with Gasteiger partial charge in [0.15, 0.2) is 0 Å². The Balaban J connectivity index is 1.34. The van der Waals surface area contributed by atoms with Crippen LogP contribution in [0.4, 0.5) is 5.82 Å². The average molecular weight is 561 g/mol. The van der Waals surface area contributed by atoms with Gasteiger partial charge < -0.3 is 0 Å². The predicted molar refractivity (Wildman–Crippen MR) is 155 cm³/mol. The molecule has 0 atom stereocenters. The Labute approximate surface area is 225 Å². The summed E-state index contributed by atoms with van der Waals surface area (Å²) in [5, 5.41) is 2.67. The molecule has 174 valence electrons. The van der Waals surface area contributed by atoms with E-state index in [1.54, 1.807) is 34.8 Å². The molecule has 0 aliphatic rings. The maximum Gasteiger partial charge on any atom is 0.276 e. The minimum absolute atomic E-state index is 0.248. The minimum Gasteiger partial charge on any atom is -0.267 e.